The van der Waals surface area contributed by atoms with Crippen molar-refractivity contribution >= 4 is 5.78 Å². The van der Waals surface area contributed by atoms with E-state index in [1.54, 1.807) is 30.5 Å². The van der Waals surface area contributed by atoms with Crippen molar-refractivity contribution < 1.29 is 9.18 Å². The molecule has 0 saturated heterocycles. The van der Waals surface area contributed by atoms with Crippen molar-refractivity contribution in [3.63, 3.8) is 0 Å². The van der Waals surface area contributed by atoms with E-state index in [2.05, 4.69) is 4.98 Å². The third-order valence-electron chi connectivity index (χ3n) is 2.52. The van der Waals surface area contributed by atoms with Gasteiger partial charge in [0.15, 0.2) is 5.78 Å². The summed E-state index contributed by atoms with van der Waals surface area (Å²) in [5, 5.41) is 0. The van der Waals surface area contributed by atoms with E-state index >= 15 is 0 Å². The van der Waals surface area contributed by atoms with Crippen LogP contribution in [0.2, 0.25) is 0 Å². The van der Waals surface area contributed by atoms with Gasteiger partial charge in [0.2, 0.25) is 0 Å². The molecule has 0 aliphatic rings. The normalized spacial score (nSPS) is 10.2. The first-order valence-electron chi connectivity index (χ1n) is 5.46. The zero-order chi connectivity index (χ0) is 12.3. The van der Waals surface area contributed by atoms with Gasteiger partial charge in [0.1, 0.15) is 5.82 Å². The third-order valence-corrected chi connectivity index (χ3v) is 2.52. The molecule has 0 amide bonds. The molecule has 1 aromatic carbocycles. The van der Waals surface area contributed by atoms with Crippen LogP contribution in [0.3, 0.4) is 0 Å². The fourth-order valence-corrected chi connectivity index (χ4v) is 1.61. The summed E-state index contributed by atoms with van der Waals surface area (Å²) in [6, 6.07) is 9.55. The summed E-state index contributed by atoms with van der Waals surface area (Å²) in [5.41, 5.74) is 1.90. The fourth-order valence-electron chi connectivity index (χ4n) is 1.61. The average Bonchev–Trinajstić information content (AvgIpc) is 2.38. The molecular formula is C14H12FNO. The largest absolute Gasteiger partial charge is 0.294 e. The Kier molecular flexibility index (Phi) is 3.28. The van der Waals surface area contributed by atoms with Gasteiger partial charge in [-0.1, -0.05) is 19.1 Å². The number of carbonyl (C=O) groups is 1. The highest BCUT2D eigenvalue weighted by Gasteiger charge is 2.06. The molecule has 2 nitrogen and oxygen atoms in total. The molecule has 0 bridgehead atoms. The first-order valence-corrected chi connectivity index (χ1v) is 5.46. The molecule has 0 radical (unpaired) electrons. The molecule has 0 N–H and O–H groups in total. The monoisotopic (exact) mass is 229 g/mol. The van der Waals surface area contributed by atoms with Crippen molar-refractivity contribution in [2.24, 2.45) is 0 Å². The number of benzene rings is 1. The maximum atomic E-state index is 13.1. The van der Waals surface area contributed by atoms with Crippen LogP contribution in [0.5, 0.6) is 0 Å². The summed E-state index contributed by atoms with van der Waals surface area (Å²) in [5.74, 6) is -0.249. The number of rotatable bonds is 3. The molecule has 0 aliphatic carbocycles. The van der Waals surface area contributed by atoms with Crippen molar-refractivity contribution in [2.75, 3.05) is 0 Å². The standard InChI is InChI=1S/C14H12FNO/c1-2-14(17)11-6-7-16-13(9-11)10-4-3-5-12(15)8-10/h3-9H,2H2,1H3. The number of pyridine rings is 1. The van der Waals surface area contributed by atoms with Crippen LogP contribution in [0.15, 0.2) is 42.6 Å². The van der Waals surface area contributed by atoms with Gasteiger partial charge < -0.3 is 0 Å². The van der Waals surface area contributed by atoms with E-state index in [0.717, 1.165) is 0 Å². The minimum atomic E-state index is -0.309. The van der Waals surface area contributed by atoms with Crippen molar-refractivity contribution in [1.82, 2.24) is 4.98 Å². The van der Waals surface area contributed by atoms with Crippen LogP contribution in [0.4, 0.5) is 4.39 Å². The maximum Gasteiger partial charge on any atom is 0.162 e. The lowest BCUT2D eigenvalue weighted by molar-refractivity contribution is 0.0988. The minimum Gasteiger partial charge on any atom is -0.294 e. The van der Waals surface area contributed by atoms with Crippen LogP contribution in [-0.2, 0) is 0 Å². The van der Waals surface area contributed by atoms with E-state index in [9.17, 15) is 9.18 Å². The molecular weight excluding hydrogens is 217 g/mol. The lowest BCUT2D eigenvalue weighted by Gasteiger charge is -2.03. The molecule has 0 spiro atoms. The van der Waals surface area contributed by atoms with Crippen LogP contribution >= 0.6 is 0 Å². The number of aromatic nitrogens is 1. The second-order valence-corrected chi connectivity index (χ2v) is 3.72. The van der Waals surface area contributed by atoms with Crippen LogP contribution in [-0.4, -0.2) is 10.8 Å². The van der Waals surface area contributed by atoms with Gasteiger partial charge in [-0.05, 0) is 24.3 Å². The quantitative estimate of drug-likeness (QED) is 0.754. The highest BCUT2D eigenvalue weighted by Crippen LogP contribution is 2.19. The van der Waals surface area contributed by atoms with E-state index in [0.29, 0.717) is 23.2 Å². The zero-order valence-electron chi connectivity index (χ0n) is 9.48. The van der Waals surface area contributed by atoms with Gasteiger partial charge >= 0.3 is 0 Å². The third kappa shape index (κ3) is 2.56. The summed E-state index contributed by atoms with van der Waals surface area (Å²) in [4.78, 5) is 15.7. The predicted octanol–water partition coefficient (Wildman–Crippen LogP) is 3.48. The van der Waals surface area contributed by atoms with Gasteiger partial charge in [-0.3, -0.25) is 9.78 Å². The number of halogens is 1. The van der Waals surface area contributed by atoms with Gasteiger partial charge in [-0.15, -0.1) is 0 Å². The Morgan fingerprint density at radius 2 is 2.12 bits per heavy atom. The van der Waals surface area contributed by atoms with E-state index in [1.165, 1.54) is 12.1 Å². The molecule has 17 heavy (non-hydrogen) atoms. The Morgan fingerprint density at radius 1 is 1.29 bits per heavy atom. The van der Waals surface area contributed by atoms with Gasteiger partial charge in [-0.25, -0.2) is 4.39 Å². The summed E-state index contributed by atoms with van der Waals surface area (Å²) in [6.07, 6.45) is 2.02. The smallest absolute Gasteiger partial charge is 0.162 e. The molecule has 0 unspecified atom stereocenters. The summed E-state index contributed by atoms with van der Waals surface area (Å²) >= 11 is 0. The molecule has 0 saturated carbocycles. The van der Waals surface area contributed by atoms with E-state index in [4.69, 9.17) is 0 Å². The van der Waals surface area contributed by atoms with Crippen LogP contribution in [0.25, 0.3) is 11.3 Å². The SMILES string of the molecule is CCC(=O)c1ccnc(-c2cccc(F)c2)c1. The van der Waals surface area contributed by atoms with E-state index in [-0.39, 0.29) is 11.6 Å². The molecule has 1 aromatic heterocycles. The van der Waals surface area contributed by atoms with Gasteiger partial charge in [0.25, 0.3) is 0 Å². The average molecular weight is 229 g/mol. The Bertz CT molecular complexity index is 551. The number of Topliss-reactive ketones (excluding diaryl/α,β-unsaturated/α-hetero) is 1. The number of nitrogens with zero attached hydrogens (tertiary/aromatic N) is 1. The molecule has 3 heteroatoms. The first-order chi connectivity index (χ1) is 8.20. The van der Waals surface area contributed by atoms with Crippen LogP contribution in [0, 0.1) is 5.82 Å². The number of hydrogen-bond donors (Lipinski definition) is 0. The van der Waals surface area contributed by atoms with E-state index < -0.39 is 0 Å². The lowest BCUT2D eigenvalue weighted by Crippen LogP contribution is -1.97. The van der Waals surface area contributed by atoms with Gasteiger partial charge in [0.05, 0.1) is 5.69 Å². The molecule has 2 aromatic rings. The Labute approximate surface area is 99.1 Å². The number of ketones is 1. The first kappa shape index (κ1) is 11.5. The van der Waals surface area contributed by atoms with Crippen molar-refractivity contribution in [1.29, 1.82) is 0 Å². The molecule has 2 rings (SSSR count). The Hall–Kier alpha value is -2.03. The van der Waals surface area contributed by atoms with Crippen molar-refractivity contribution in [3.8, 4) is 11.3 Å². The van der Waals surface area contributed by atoms with E-state index in [1.807, 2.05) is 6.92 Å². The lowest BCUT2D eigenvalue weighted by atomic mass is 10.1. The van der Waals surface area contributed by atoms with Crippen LogP contribution < -0.4 is 0 Å². The van der Waals surface area contributed by atoms with Crippen LogP contribution in [0.1, 0.15) is 23.7 Å². The molecule has 0 aliphatic heterocycles. The molecule has 0 atom stereocenters. The highest BCUT2D eigenvalue weighted by atomic mass is 19.1. The molecule has 86 valence electrons. The van der Waals surface area contributed by atoms with Crippen molar-refractivity contribution in [3.05, 3.63) is 54.0 Å². The van der Waals surface area contributed by atoms with Gasteiger partial charge in [0, 0.05) is 23.7 Å². The minimum absolute atomic E-state index is 0.0602. The maximum absolute atomic E-state index is 13.1. The highest BCUT2D eigenvalue weighted by molar-refractivity contribution is 5.96. The topological polar surface area (TPSA) is 30.0 Å². The number of hydrogen-bond acceptors (Lipinski definition) is 2. The number of carbonyl (C=O) groups excluding carboxylic acids is 1. The second kappa shape index (κ2) is 4.87. The Morgan fingerprint density at radius 3 is 2.82 bits per heavy atom. The second-order valence-electron chi connectivity index (χ2n) is 3.72. The summed E-state index contributed by atoms with van der Waals surface area (Å²) in [7, 11) is 0. The summed E-state index contributed by atoms with van der Waals surface area (Å²) in [6.45, 7) is 1.81. The molecule has 1 heterocycles. The zero-order valence-corrected chi connectivity index (χ0v) is 9.48. The van der Waals surface area contributed by atoms with Crippen molar-refractivity contribution in [2.45, 2.75) is 13.3 Å². The predicted molar refractivity (Wildman–Crippen MR) is 64.3 cm³/mol. The summed E-state index contributed by atoms with van der Waals surface area (Å²) < 4.78 is 13.1. The Balaban J connectivity index is 2.43. The molecule has 0 fully saturated rings. The fraction of sp³-hybridized carbons (Fsp3) is 0.143. The van der Waals surface area contributed by atoms with Gasteiger partial charge in [-0.2, -0.15) is 0 Å².